The number of rotatable bonds is 1. The largest absolute Gasteiger partial charge is 0.239 e. The van der Waals surface area contributed by atoms with Gasteiger partial charge in [0.25, 0.3) is 0 Å². The lowest BCUT2D eigenvalue weighted by molar-refractivity contribution is 1.21. The van der Waals surface area contributed by atoms with Crippen LogP contribution in [0.4, 0.5) is 0 Å². The minimum absolute atomic E-state index is 0.395. The minimum atomic E-state index is 0.395. The van der Waals surface area contributed by atoms with Gasteiger partial charge < -0.3 is 0 Å². The molecule has 8 heteroatoms. The van der Waals surface area contributed by atoms with E-state index in [2.05, 4.69) is 47.9 Å². The third kappa shape index (κ3) is 3.95. The molecule has 2 heterocycles. The van der Waals surface area contributed by atoms with Gasteiger partial charge in [0.1, 0.15) is 5.01 Å². The molecule has 4 aromatic rings. The summed E-state index contributed by atoms with van der Waals surface area (Å²) >= 11 is 15.6. The first-order chi connectivity index (χ1) is 11.6. The average molecular weight is 502 g/mol. The van der Waals surface area contributed by atoms with Crippen LogP contribution in [0.5, 0.6) is 0 Å². The van der Waals surface area contributed by atoms with Crippen molar-refractivity contribution in [3.8, 4) is 6.07 Å². The summed E-state index contributed by atoms with van der Waals surface area (Å²) in [5.74, 6) is 0. The van der Waals surface area contributed by atoms with Crippen LogP contribution in [0, 0.1) is 11.3 Å². The van der Waals surface area contributed by atoms with Crippen molar-refractivity contribution in [3.63, 3.8) is 0 Å². The Balaban J connectivity index is 0.000000143. The zero-order valence-electron chi connectivity index (χ0n) is 12.0. The van der Waals surface area contributed by atoms with Crippen molar-refractivity contribution < 1.29 is 0 Å². The van der Waals surface area contributed by atoms with Gasteiger partial charge in [0, 0.05) is 8.95 Å². The maximum atomic E-state index is 8.52. The fourth-order valence-electron chi connectivity index (χ4n) is 1.99. The number of aromatic nitrogens is 2. The molecule has 0 spiro atoms. The van der Waals surface area contributed by atoms with Gasteiger partial charge in [0.15, 0.2) is 4.47 Å². The predicted octanol–water partition coefficient (Wildman–Crippen LogP) is 6.84. The van der Waals surface area contributed by atoms with Gasteiger partial charge in [0.05, 0.1) is 32.9 Å². The van der Waals surface area contributed by atoms with E-state index >= 15 is 0 Å². The molecule has 0 aliphatic rings. The van der Waals surface area contributed by atoms with Crippen molar-refractivity contribution in [2.75, 3.05) is 0 Å². The van der Waals surface area contributed by atoms with Gasteiger partial charge in [-0.05, 0) is 56.1 Å². The summed E-state index contributed by atoms with van der Waals surface area (Å²) < 4.78 is 4.82. The average Bonchev–Trinajstić information content (AvgIpc) is 3.13. The van der Waals surface area contributed by atoms with Gasteiger partial charge in [-0.3, -0.25) is 0 Å². The normalized spacial score (nSPS) is 10.4. The molecule has 0 N–H and O–H groups in total. The molecule has 24 heavy (non-hydrogen) atoms. The first kappa shape index (κ1) is 17.8. The van der Waals surface area contributed by atoms with Crippen LogP contribution < -0.4 is 0 Å². The van der Waals surface area contributed by atoms with E-state index in [1.54, 1.807) is 11.3 Å². The molecule has 0 amide bonds. The molecule has 0 unspecified atom stereocenters. The molecule has 3 nitrogen and oxygen atoms in total. The number of fused-ring (bicyclic) bond motifs is 2. The van der Waals surface area contributed by atoms with Crippen molar-refractivity contribution in [2.45, 2.75) is 6.42 Å². The zero-order chi connectivity index (χ0) is 17.1. The summed E-state index contributed by atoms with van der Waals surface area (Å²) in [5, 5.41) is 9.40. The molecule has 0 fully saturated rings. The zero-order valence-corrected chi connectivity index (χ0v) is 17.5. The molecule has 0 atom stereocenters. The lowest BCUT2D eigenvalue weighted by atomic mass is 10.3. The Morgan fingerprint density at radius 3 is 2.08 bits per heavy atom. The van der Waals surface area contributed by atoms with Gasteiger partial charge >= 0.3 is 0 Å². The molecule has 0 aliphatic heterocycles. The van der Waals surface area contributed by atoms with E-state index in [0.29, 0.717) is 10.9 Å². The first-order valence-corrected chi connectivity index (χ1v) is 10.3. The molecule has 0 bridgehead atoms. The smallest absolute Gasteiger partial charge is 0.184 e. The molecule has 2 aromatic heterocycles. The summed E-state index contributed by atoms with van der Waals surface area (Å²) in [6.45, 7) is 0. The van der Waals surface area contributed by atoms with Gasteiger partial charge in [-0.2, -0.15) is 5.26 Å². The number of halogens is 3. The van der Waals surface area contributed by atoms with Crippen molar-refractivity contribution in [3.05, 3.63) is 54.8 Å². The third-order valence-electron chi connectivity index (χ3n) is 2.99. The SMILES string of the molecule is Clc1nc2c(Br)cccc2s1.N#CCc1nc2c(Br)cccc2s1. The highest BCUT2D eigenvalue weighted by Crippen LogP contribution is 2.30. The summed E-state index contributed by atoms with van der Waals surface area (Å²) in [6, 6.07) is 14.0. The van der Waals surface area contributed by atoms with Crippen LogP contribution >= 0.6 is 66.1 Å². The van der Waals surface area contributed by atoms with Crippen LogP contribution in [-0.2, 0) is 6.42 Å². The fraction of sp³-hybridized carbons (Fsp3) is 0.0625. The number of nitrogens with zero attached hydrogens (tertiary/aromatic N) is 3. The van der Waals surface area contributed by atoms with Crippen LogP contribution in [0.25, 0.3) is 20.4 Å². The highest BCUT2D eigenvalue weighted by Gasteiger charge is 2.05. The molecule has 0 radical (unpaired) electrons. The molecule has 0 saturated heterocycles. The van der Waals surface area contributed by atoms with Crippen LogP contribution in [-0.4, -0.2) is 9.97 Å². The van der Waals surface area contributed by atoms with Gasteiger partial charge in [0.2, 0.25) is 0 Å². The van der Waals surface area contributed by atoms with Gasteiger partial charge in [-0.25, -0.2) is 9.97 Å². The maximum absolute atomic E-state index is 8.52. The Labute approximate surface area is 168 Å². The number of benzene rings is 2. The van der Waals surface area contributed by atoms with Crippen LogP contribution in [0.15, 0.2) is 45.3 Å². The van der Waals surface area contributed by atoms with Gasteiger partial charge in [-0.1, -0.05) is 23.7 Å². The Morgan fingerprint density at radius 1 is 0.958 bits per heavy atom. The Kier molecular flexibility index (Phi) is 5.85. The predicted molar refractivity (Wildman–Crippen MR) is 109 cm³/mol. The summed E-state index contributed by atoms with van der Waals surface area (Å²) in [7, 11) is 0. The molecule has 2 aromatic carbocycles. The lowest BCUT2D eigenvalue weighted by Crippen LogP contribution is -1.77. The standard InChI is InChI=1S/C9H5BrN2S.C7H3BrClNS/c10-6-2-1-3-7-9(6)12-8(13-7)4-5-11;8-4-2-1-3-5-6(4)10-7(9)11-5/h1-3H,4H2;1-3H. The number of para-hydroxylation sites is 2. The molecular formula is C16H8Br2ClN3S2. The van der Waals surface area contributed by atoms with E-state index in [4.69, 9.17) is 16.9 Å². The Hall–Kier alpha value is -1.04. The first-order valence-electron chi connectivity index (χ1n) is 6.70. The van der Waals surface area contributed by atoms with Crippen LogP contribution in [0.3, 0.4) is 0 Å². The van der Waals surface area contributed by atoms with E-state index in [1.807, 2.05) is 36.4 Å². The summed E-state index contributed by atoms with van der Waals surface area (Å²) in [5.41, 5.74) is 1.90. The maximum Gasteiger partial charge on any atom is 0.184 e. The topological polar surface area (TPSA) is 49.6 Å². The minimum Gasteiger partial charge on any atom is -0.239 e. The number of hydrogen-bond acceptors (Lipinski definition) is 5. The number of hydrogen-bond donors (Lipinski definition) is 0. The lowest BCUT2D eigenvalue weighted by Gasteiger charge is -1.88. The summed E-state index contributed by atoms with van der Waals surface area (Å²) in [4.78, 5) is 8.50. The number of thiazole rings is 2. The summed E-state index contributed by atoms with van der Waals surface area (Å²) in [6.07, 6.45) is 0.395. The molecule has 120 valence electrons. The highest BCUT2D eigenvalue weighted by atomic mass is 79.9. The quantitative estimate of drug-likeness (QED) is 0.287. The molecular weight excluding hydrogens is 494 g/mol. The second-order valence-electron chi connectivity index (χ2n) is 4.58. The molecule has 0 aliphatic carbocycles. The van der Waals surface area contributed by atoms with E-state index in [-0.39, 0.29) is 0 Å². The third-order valence-corrected chi connectivity index (χ3v) is 6.41. The van der Waals surface area contributed by atoms with Crippen LogP contribution in [0.2, 0.25) is 4.47 Å². The molecule has 0 saturated carbocycles. The van der Waals surface area contributed by atoms with E-state index < -0.39 is 0 Å². The van der Waals surface area contributed by atoms with E-state index in [0.717, 1.165) is 34.4 Å². The monoisotopic (exact) mass is 499 g/mol. The van der Waals surface area contributed by atoms with E-state index in [1.165, 1.54) is 11.3 Å². The Bertz CT molecular complexity index is 1050. The van der Waals surface area contributed by atoms with Gasteiger partial charge in [-0.15, -0.1) is 22.7 Å². The second-order valence-corrected chi connectivity index (χ2v) is 9.02. The van der Waals surface area contributed by atoms with Crippen molar-refractivity contribution in [1.82, 2.24) is 9.97 Å². The molecule has 4 rings (SSSR count). The van der Waals surface area contributed by atoms with E-state index in [9.17, 15) is 0 Å². The number of nitriles is 1. The highest BCUT2D eigenvalue weighted by molar-refractivity contribution is 9.11. The fourth-order valence-corrected chi connectivity index (χ4v) is 5.14. The van der Waals surface area contributed by atoms with Crippen molar-refractivity contribution in [1.29, 1.82) is 5.26 Å². The van der Waals surface area contributed by atoms with Crippen molar-refractivity contribution >= 4 is 86.6 Å². The van der Waals surface area contributed by atoms with Crippen LogP contribution in [0.1, 0.15) is 5.01 Å². The second kappa shape index (κ2) is 7.89. The Morgan fingerprint density at radius 2 is 1.54 bits per heavy atom. The van der Waals surface area contributed by atoms with Crippen molar-refractivity contribution in [2.24, 2.45) is 0 Å².